The largest absolute Gasteiger partial charge is 0.385 e. The van der Waals surface area contributed by atoms with Crippen LogP contribution in [0.25, 0.3) is 0 Å². The summed E-state index contributed by atoms with van der Waals surface area (Å²) in [4.78, 5) is 14.3. The van der Waals surface area contributed by atoms with Crippen molar-refractivity contribution in [1.29, 1.82) is 0 Å². The topological polar surface area (TPSA) is 44.4 Å². The highest BCUT2D eigenvalue weighted by Gasteiger charge is 2.10. The Balaban J connectivity index is 2.62. The van der Waals surface area contributed by atoms with Crippen LogP contribution in [0.15, 0.2) is 18.2 Å². The Kier molecular flexibility index (Phi) is 6.36. The van der Waals surface area contributed by atoms with Crippen LogP contribution < -0.4 is 10.6 Å². The minimum absolute atomic E-state index is 0.00148. The minimum atomic E-state index is -0.00148. The smallest absolute Gasteiger partial charge is 0.253 e. The Hall–Kier alpha value is -1.55. The molecule has 0 fully saturated rings. The average molecular weight is 263 g/mol. The van der Waals surface area contributed by atoms with Crippen LogP contribution in [0, 0.1) is 6.92 Å². The fraction of sp³-hybridized carbons (Fsp3) is 0.533. The van der Waals surface area contributed by atoms with Gasteiger partial charge in [-0.2, -0.15) is 0 Å². The van der Waals surface area contributed by atoms with E-state index in [1.807, 2.05) is 46.1 Å². The van der Waals surface area contributed by atoms with Crippen LogP contribution in [-0.2, 0) is 0 Å². The van der Waals surface area contributed by atoms with Crippen molar-refractivity contribution in [2.45, 2.75) is 20.3 Å². The first kappa shape index (κ1) is 15.5. The molecule has 0 bridgehead atoms. The molecular formula is C15H25N3O. The molecule has 0 aromatic heterocycles. The zero-order valence-corrected chi connectivity index (χ0v) is 12.4. The van der Waals surface area contributed by atoms with Gasteiger partial charge in [-0.25, -0.2) is 0 Å². The first-order valence-corrected chi connectivity index (χ1v) is 6.82. The van der Waals surface area contributed by atoms with Gasteiger partial charge in [0.05, 0.1) is 5.56 Å². The second-order valence-electron chi connectivity index (χ2n) is 4.99. The van der Waals surface area contributed by atoms with Crippen molar-refractivity contribution in [3.8, 4) is 0 Å². The molecule has 0 spiro atoms. The SMILES string of the molecule is CCNc1ccc(C)cc1C(=O)NCCCN(C)C. The molecule has 0 radical (unpaired) electrons. The third-order valence-corrected chi connectivity index (χ3v) is 2.85. The van der Waals surface area contributed by atoms with Gasteiger partial charge in [-0.15, -0.1) is 0 Å². The molecule has 0 aliphatic rings. The molecule has 0 aliphatic carbocycles. The van der Waals surface area contributed by atoms with Crippen molar-refractivity contribution in [2.24, 2.45) is 0 Å². The maximum Gasteiger partial charge on any atom is 0.253 e. The van der Waals surface area contributed by atoms with Gasteiger partial charge < -0.3 is 15.5 Å². The molecule has 0 atom stereocenters. The Morgan fingerprint density at radius 1 is 1.32 bits per heavy atom. The van der Waals surface area contributed by atoms with E-state index in [9.17, 15) is 4.79 Å². The van der Waals surface area contributed by atoms with Crippen molar-refractivity contribution in [3.63, 3.8) is 0 Å². The summed E-state index contributed by atoms with van der Waals surface area (Å²) in [6, 6.07) is 5.91. The third-order valence-electron chi connectivity index (χ3n) is 2.85. The van der Waals surface area contributed by atoms with E-state index in [4.69, 9.17) is 0 Å². The van der Waals surface area contributed by atoms with E-state index in [2.05, 4.69) is 15.5 Å². The van der Waals surface area contributed by atoms with E-state index in [0.717, 1.165) is 36.3 Å². The van der Waals surface area contributed by atoms with Crippen LogP contribution in [0.2, 0.25) is 0 Å². The van der Waals surface area contributed by atoms with Gasteiger partial charge in [-0.1, -0.05) is 11.6 Å². The molecule has 2 N–H and O–H groups in total. The number of hydrogen-bond acceptors (Lipinski definition) is 3. The molecule has 1 aromatic rings. The Morgan fingerprint density at radius 2 is 2.05 bits per heavy atom. The highest BCUT2D eigenvalue weighted by atomic mass is 16.1. The summed E-state index contributed by atoms with van der Waals surface area (Å²) >= 11 is 0. The fourth-order valence-corrected chi connectivity index (χ4v) is 1.88. The number of amides is 1. The van der Waals surface area contributed by atoms with E-state index in [1.54, 1.807) is 0 Å². The summed E-state index contributed by atoms with van der Waals surface area (Å²) < 4.78 is 0. The predicted octanol–water partition coefficient (Wildman–Crippen LogP) is 2.11. The molecular weight excluding hydrogens is 238 g/mol. The van der Waals surface area contributed by atoms with Crippen LogP contribution in [-0.4, -0.2) is 44.5 Å². The van der Waals surface area contributed by atoms with E-state index < -0.39 is 0 Å². The van der Waals surface area contributed by atoms with Gasteiger partial charge in [0, 0.05) is 18.8 Å². The van der Waals surface area contributed by atoms with Crippen molar-refractivity contribution < 1.29 is 4.79 Å². The maximum atomic E-state index is 12.2. The van der Waals surface area contributed by atoms with E-state index in [0.29, 0.717) is 6.54 Å². The van der Waals surface area contributed by atoms with Crippen LogP contribution in [0.1, 0.15) is 29.3 Å². The van der Waals surface area contributed by atoms with Gasteiger partial charge in [-0.3, -0.25) is 4.79 Å². The molecule has 0 heterocycles. The summed E-state index contributed by atoms with van der Waals surface area (Å²) in [5.74, 6) is -0.00148. The summed E-state index contributed by atoms with van der Waals surface area (Å²) in [5.41, 5.74) is 2.73. The average Bonchev–Trinajstić information content (AvgIpc) is 2.36. The molecule has 0 saturated heterocycles. The van der Waals surface area contributed by atoms with Crippen molar-refractivity contribution in [3.05, 3.63) is 29.3 Å². The third kappa shape index (κ3) is 5.30. The van der Waals surface area contributed by atoms with Crippen LogP contribution in [0.3, 0.4) is 0 Å². The lowest BCUT2D eigenvalue weighted by Gasteiger charge is -2.13. The predicted molar refractivity (Wildman–Crippen MR) is 80.8 cm³/mol. The molecule has 4 nitrogen and oxygen atoms in total. The lowest BCUT2D eigenvalue weighted by molar-refractivity contribution is 0.0953. The maximum absolute atomic E-state index is 12.2. The summed E-state index contributed by atoms with van der Waals surface area (Å²) in [7, 11) is 4.07. The zero-order valence-electron chi connectivity index (χ0n) is 12.4. The molecule has 1 aromatic carbocycles. The molecule has 1 amide bonds. The summed E-state index contributed by atoms with van der Waals surface area (Å²) in [5, 5.41) is 6.20. The number of anilines is 1. The molecule has 19 heavy (non-hydrogen) atoms. The molecule has 106 valence electrons. The van der Waals surface area contributed by atoms with E-state index in [1.165, 1.54) is 0 Å². The molecule has 0 saturated carbocycles. The number of benzene rings is 1. The van der Waals surface area contributed by atoms with Crippen LogP contribution in [0.4, 0.5) is 5.69 Å². The monoisotopic (exact) mass is 263 g/mol. The highest BCUT2D eigenvalue weighted by molar-refractivity contribution is 5.99. The lowest BCUT2D eigenvalue weighted by atomic mass is 10.1. The van der Waals surface area contributed by atoms with Gasteiger partial charge in [0.2, 0.25) is 0 Å². The Labute approximate surface area is 116 Å². The van der Waals surface area contributed by atoms with Gasteiger partial charge in [0.15, 0.2) is 0 Å². The van der Waals surface area contributed by atoms with Crippen LogP contribution in [0.5, 0.6) is 0 Å². The van der Waals surface area contributed by atoms with Gasteiger partial charge >= 0.3 is 0 Å². The molecule has 0 aliphatic heterocycles. The van der Waals surface area contributed by atoms with Crippen LogP contribution >= 0.6 is 0 Å². The number of nitrogens with zero attached hydrogens (tertiary/aromatic N) is 1. The number of hydrogen-bond donors (Lipinski definition) is 2. The van der Waals surface area contributed by atoms with E-state index in [-0.39, 0.29) is 5.91 Å². The number of carbonyl (C=O) groups excluding carboxylic acids is 1. The number of carbonyl (C=O) groups is 1. The van der Waals surface area contributed by atoms with Crippen molar-refractivity contribution in [1.82, 2.24) is 10.2 Å². The van der Waals surface area contributed by atoms with E-state index >= 15 is 0 Å². The number of nitrogens with one attached hydrogen (secondary N) is 2. The zero-order chi connectivity index (χ0) is 14.3. The fourth-order valence-electron chi connectivity index (χ4n) is 1.88. The number of aryl methyl sites for hydroxylation is 1. The highest BCUT2D eigenvalue weighted by Crippen LogP contribution is 2.17. The normalized spacial score (nSPS) is 10.6. The second-order valence-corrected chi connectivity index (χ2v) is 4.99. The van der Waals surface area contributed by atoms with Gasteiger partial charge in [0.25, 0.3) is 5.91 Å². The van der Waals surface area contributed by atoms with Crippen molar-refractivity contribution >= 4 is 11.6 Å². The molecule has 0 unspecified atom stereocenters. The quantitative estimate of drug-likeness (QED) is 0.741. The standard InChI is InChI=1S/C15H25N3O/c1-5-16-14-8-7-12(2)11-13(14)15(19)17-9-6-10-18(3)4/h7-8,11,16H,5-6,9-10H2,1-4H3,(H,17,19). The Bertz CT molecular complexity index is 416. The Morgan fingerprint density at radius 3 is 2.68 bits per heavy atom. The molecule has 4 heteroatoms. The first-order chi connectivity index (χ1) is 9.04. The van der Waals surface area contributed by atoms with Gasteiger partial charge in [-0.05, 0) is 53.0 Å². The summed E-state index contributed by atoms with van der Waals surface area (Å²) in [6.45, 7) is 6.52. The lowest BCUT2D eigenvalue weighted by Crippen LogP contribution is -2.27. The number of rotatable bonds is 7. The summed E-state index contributed by atoms with van der Waals surface area (Å²) in [6.07, 6.45) is 0.959. The second kappa shape index (κ2) is 7.79. The minimum Gasteiger partial charge on any atom is -0.385 e. The van der Waals surface area contributed by atoms with Gasteiger partial charge in [0.1, 0.15) is 0 Å². The molecule has 1 rings (SSSR count). The first-order valence-electron chi connectivity index (χ1n) is 6.82. The van der Waals surface area contributed by atoms with Crippen molar-refractivity contribution in [2.75, 3.05) is 39.0 Å².